The zero-order chi connectivity index (χ0) is 16.9. The Morgan fingerprint density at radius 3 is 2.67 bits per heavy atom. The number of carbonyl (C=O) groups excluding carboxylic acids is 1. The summed E-state index contributed by atoms with van der Waals surface area (Å²) in [5.74, 6) is 0.301. The van der Waals surface area contributed by atoms with E-state index in [0.717, 1.165) is 38.0 Å². The Bertz CT molecular complexity index is 675. The average Bonchev–Trinajstić information content (AvgIpc) is 2.99. The molecule has 1 saturated heterocycles. The van der Waals surface area contributed by atoms with Crippen molar-refractivity contribution in [3.63, 3.8) is 0 Å². The molecule has 0 aliphatic carbocycles. The number of nitrogen functional groups attached to an aromatic ring is 1. The van der Waals surface area contributed by atoms with Crippen LogP contribution in [-0.4, -0.2) is 28.9 Å². The maximum Gasteiger partial charge on any atom is 0.223 e. The minimum absolute atomic E-state index is 0.123. The number of piperidine rings is 1. The summed E-state index contributed by atoms with van der Waals surface area (Å²) in [7, 11) is 0. The van der Waals surface area contributed by atoms with E-state index in [1.54, 1.807) is 11.3 Å². The van der Waals surface area contributed by atoms with Gasteiger partial charge in [-0.25, -0.2) is 4.98 Å². The van der Waals surface area contributed by atoms with E-state index in [0.29, 0.717) is 11.7 Å². The highest BCUT2D eigenvalue weighted by molar-refractivity contribution is 7.15. The summed E-state index contributed by atoms with van der Waals surface area (Å²) in [6, 6.07) is 8.29. The normalized spacial score (nSPS) is 16.2. The standard InChI is InChI=1S/C18H24N4OS/c1-13-2-4-14(5-3-13)10-20-17(23)15-6-8-22(9-7-15)12-16-11-21-18(19)24-16/h2-5,11,15H,6-10,12H2,1H3,(H2,19,21)(H,20,23). The fourth-order valence-corrected chi connectivity index (χ4v) is 3.74. The predicted octanol–water partition coefficient (Wildman–Crippen LogP) is 2.56. The molecule has 128 valence electrons. The summed E-state index contributed by atoms with van der Waals surface area (Å²) >= 11 is 1.54. The second kappa shape index (κ2) is 7.77. The van der Waals surface area contributed by atoms with Gasteiger partial charge in [-0.1, -0.05) is 29.8 Å². The molecule has 0 saturated carbocycles. The number of nitrogens with zero attached hydrogens (tertiary/aromatic N) is 2. The number of nitrogens with one attached hydrogen (secondary N) is 1. The SMILES string of the molecule is Cc1ccc(CNC(=O)C2CCN(Cc3cnc(N)s3)CC2)cc1. The van der Waals surface area contributed by atoms with E-state index in [-0.39, 0.29) is 11.8 Å². The molecule has 24 heavy (non-hydrogen) atoms. The van der Waals surface area contributed by atoms with Gasteiger partial charge in [-0.05, 0) is 38.4 Å². The van der Waals surface area contributed by atoms with Gasteiger partial charge in [-0.3, -0.25) is 9.69 Å². The van der Waals surface area contributed by atoms with E-state index in [1.807, 2.05) is 6.20 Å². The fraction of sp³-hybridized carbons (Fsp3) is 0.444. The number of carbonyl (C=O) groups is 1. The second-order valence-electron chi connectivity index (χ2n) is 6.42. The Labute approximate surface area is 146 Å². The van der Waals surface area contributed by atoms with E-state index in [1.165, 1.54) is 10.4 Å². The molecule has 2 aromatic rings. The molecular weight excluding hydrogens is 320 g/mol. The van der Waals surface area contributed by atoms with Crippen LogP contribution in [0.1, 0.15) is 28.8 Å². The van der Waals surface area contributed by atoms with Gasteiger partial charge in [0.15, 0.2) is 5.13 Å². The molecule has 1 fully saturated rings. The highest BCUT2D eigenvalue weighted by Crippen LogP contribution is 2.22. The highest BCUT2D eigenvalue weighted by atomic mass is 32.1. The first-order chi connectivity index (χ1) is 11.6. The number of hydrogen-bond donors (Lipinski definition) is 2. The van der Waals surface area contributed by atoms with Gasteiger partial charge in [0.2, 0.25) is 5.91 Å². The molecule has 2 heterocycles. The molecule has 1 aliphatic heterocycles. The van der Waals surface area contributed by atoms with Crippen molar-refractivity contribution >= 4 is 22.4 Å². The third-order valence-electron chi connectivity index (χ3n) is 4.50. The fourth-order valence-electron chi connectivity index (χ4n) is 3.01. The molecular formula is C18H24N4OS. The molecule has 0 bridgehead atoms. The van der Waals surface area contributed by atoms with Gasteiger partial charge in [0.1, 0.15) is 0 Å². The van der Waals surface area contributed by atoms with Crippen molar-refractivity contribution in [1.29, 1.82) is 0 Å². The van der Waals surface area contributed by atoms with Crippen LogP contribution in [-0.2, 0) is 17.9 Å². The number of amides is 1. The largest absolute Gasteiger partial charge is 0.375 e. The number of thiazole rings is 1. The van der Waals surface area contributed by atoms with Crippen molar-refractivity contribution in [2.45, 2.75) is 32.9 Å². The van der Waals surface area contributed by atoms with Crippen LogP contribution in [0.5, 0.6) is 0 Å². The first-order valence-electron chi connectivity index (χ1n) is 8.36. The molecule has 5 nitrogen and oxygen atoms in total. The van der Waals surface area contributed by atoms with Crippen molar-refractivity contribution in [3.8, 4) is 0 Å². The molecule has 0 spiro atoms. The van der Waals surface area contributed by atoms with Crippen molar-refractivity contribution in [1.82, 2.24) is 15.2 Å². The Morgan fingerprint density at radius 1 is 1.33 bits per heavy atom. The summed E-state index contributed by atoms with van der Waals surface area (Å²) in [4.78, 5) is 20.0. The van der Waals surface area contributed by atoms with E-state index in [9.17, 15) is 4.79 Å². The minimum Gasteiger partial charge on any atom is -0.375 e. The Kier molecular flexibility index (Phi) is 5.48. The quantitative estimate of drug-likeness (QED) is 0.874. The molecule has 1 aromatic carbocycles. The third kappa shape index (κ3) is 4.55. The van der Waals surface area contributed by atoms with Crippen LogP contribution in [0, 0.1) is 12.8 Å². The third-order valence-corrected chi connectivity index (χ3v) is 5.31. The Hall–Kier alpha value is -1.92. The Balaban J connectivity index is 1.42. The number of rotatable bonds is 5. The lowest BCUT2D eigenvalue weighted by Gasteiger charge is -2.30. The lowest BCUT2D eigenvalue weighted by atomic mass is 9.96. The summed E-state index contributed by atoms with van der Waals surface area (Å²) in [6.45, 7) is 5.45. The average molecular weight is 344 g/mol. The molecule has 0 atom stereocenters. The summed E-state index contributed by atoms with van der Waals surface area (Å²) in [6.07, 6.45) is 3.67. The van der Waals surface area contributed by atoms with Crippen LogP contribution in [0.2, 0.25) is 0 Å². The van der Waals surface area contributed by atoms with E-state index < -0.39 is 0 Å². The second-order valence-corrected chi connectivity index (χ2v) is 7.57. The van der Waals surface area contributed by atoms with Gasteiger partial charge in [-0.2, -0.15) is 0 Å². The topological polar surface area (TPSA) is 71.2 Å². The van der Waals surface area contributed by atoms with Crippen molar-refractivity contribution < 1.29 is 4.79 Å². The van der Waals surface area contributed by atoms with Gasteiger partial charge < -0.3 is 11.1 Å². The predicted molar refractivity (Wildman–Crippen MR) is 97.6 cm³/mol. The first kappa shape index (κ1) is 16.9. The van der Waals surface area contributed by atoms with Crippen LogP contribution < -0.4 is 11.1 Å². The summed E-state index contributed by atoms with van der Waals surface area (Å²) < 4.78 is 0. The number of hydrogen-bond acceptors (Lipinski definition) is 5. The van der Waals surface area contributed by atoms with E-state index in [2.05, 4.69) is 46.4 Å². The molecule has 0 radical (unpaired) electrons. The summed E-state index contributed by atoms with van der Waals surface area (Å²) in [5.41, 5.74) is 8.05. The van der Waals surface area contributed by atoms with Crippen LogP contribution in [0.4, 0.5) is 5.13 Å². The lowest BCUT2D eigenvalue weighted by molar-refractivity contribution is -0.126. The van der Waals surface area contributed by atoms with Crippen LogP contribution in [0.15, 0.2) is 30.5 Å². The number of nitrogens with two attached hydrogens (primary N) is 1. The minimum atomic E-state index is 0.123. The van der Waals surface area contributed by atoms with Crippen molar-refractivity contribution in [3.05, 3.63) is 46.5 Å². The number of aromatic nitrogens is 1. The number of aryl methyl sites for hydroxylation is 1. The number of anilines is 1. The molecule has 3 N–H and O–H groups in total. The molecule has 1 aromatic heterocycles. The number of benzene rings is 1. The maximum absolute atomic E-state index is 12.4. The van der Waals surface area contributed by atoms with Crippen molar-refractivity contribution in [2.75, 3.05) is 18.8 Å². The first-order valence-corrected chi connectivity index (χ1v) is 9.17. The van der Waals surface area contributed by atoms with Gasteiger partial charge >= 0.3 is 0 Å². The molecule has 0 unspecified atom stereocenters. The zero-order valence-electron chi connectivity index (χ0n) is 14.0. The molecule has 1 amide bonds. The smallest absolute Gasteiger partial charge is 0.223 e. The van der Waals surface area contributed by atoms with Crippen molar-refractivity contribution in [2.24, 2.45) is 5.92 Å². The monoisotopic (exact) mass is 344 g/mol. The van der Waals surface area contributed by atoms with Gasteiger partial charge in [0.05, 0.1) is 0 Å². The van der Waals surface area contributed by atoms with Crippen LogP contribution in [0.3, 0.4) is 0 Å². The number of likely N-dealkylation sites (tertiary alicyclic amines) is 1. The van der Waals surface area contributed by atoms with Crippen LogP contribution in [0.25, 0.3) is 0 Å². The van der Waals surface area contributed by atoms with Crippen LogP contribution >= 0.6 is 11.3 Å². The van der Waals surface area contributed by atoms with E-state index in [4.69, 9.17) is 5.73 Å². The van der Waals surface area contributed by atoms with Gasteiger partial charge in [0, 0.05) is 30.1 Å². The molecule has 3 rings (SSSR count). The lowest BCUT2D eigenvalue weighted by Crippen LogP contribution is -2.39. The summed E-state index contributed by atoms with van der Waals surface area (Å²) in [5, 5.41) is 3.69. The maximum atomic E-state index is 12.4. The highest BCUT2D eigenvalue weighted by Gasteiger charge is 2.25. The van der Waals surface area contributed by atoms with Gasteiger partial charge in [0.25, 0.3) is 0 Å². The van der Waals surface area contributed by atoms with E-state index >= 15 is 0 Å². The molecule has 1 aliphatic rings. The van der Waals surface area contributed by atoms with Gasteiger partial charge in [-0.15, -0.1) is 11.3 Å². The molecule has 6 heteroatoms. The Morgan fingerprint density at radius 2 is 2.04 bits per heavy atom. The zero-order valence-corrected chi connectivity index (χ0v) is 14.8.